The van der Waals surface area contributed by atoms with Gasteiger partial charge in [-0.3, -0.25) is 4.79 Å². The molecule has 0 N–H and O–H groups in total. The third-order valence-electron chi connectivity index (χ3n) is 3.14. The number of furan rings is 1. The molecule has 0 radical (unpaired) electrons. The van der Waals surface area contributed by atoms with E-state index in [1.807, 2.05) is 13.0 Å². The molecule has 0 saturated heterocycles. The average Bonchev–Trinajstić information content (AvgIpc) is 2.74. The lowest BCUT2D eigenvalue weighted by Gasteiger charge is -2.19. The predicted octanol–water partition coefficient (Wildman–Crippen LogP) is 3.57. The number of halogens is 1. The van der Waals surface area contributed by atoms with Crippen LogP contribution < -0.4 is 4.90 Å². The fourth-order valence-corrected chi connectivity index (χ4v) is 1.95. The first kappa shape index (κ1) is 13.3. The maximum absolute atomic E-state index is 14.0. The normalized spacial score (nSPS) is 10.5. The summed E-state index contributed by atoms with van der Waals surface area (Å²) in [5, 5.41) is 0. The molecule has 1 heterocycles. The number of hydrogen-bond acceptors (Lipinski definition) is 3. The Hall–Kier alpha value is -2.10. The molecule has 1 aromatic heterocycles. The minimum absolute atomic E-state index is 0.140. The van der Waals surface area contributed by atoms with Crippen molar-refractivity contribution in [2.24, 2.45) is 0 Å². The van der Waals surface area contributed by atoms with Gasteiger partial charge in [-0.1, -0.05) is 0 Å². The number of aryl methyl sites for hydroxylation is 1. The van der Waals surface area contributed by atoms with Crippen LogP contribution in [0.4, 0.5) is 10.1 Å². The maximum atomic E-state index is 14.0. The van der Waals surface area contributed by atoms with Crippen molar-refractivity contribution in [2.45, 2.75) is 20.4 Å². The summed E-state index contributed by atoms with van der Waals surface area (Å²) in [5.74, 6) is 0.294. The largest absolute Gasteiger partial charge is 0.469 e. The molecule has 0 saturated carbocycles. The zero-order valence-corrected chi connectivity index (χ0v) is 11.2. The van der Waals surface area contributed by atoms with Crippen molar-refractivity contribution in [3.05, 3.63) is 53.2 Å². The van der Waals surface area contributed by atoms with Gasteiger partial charge in [0.2, 0.25) is 0 Å². The molecule has 19 heavy (non-hydrogen) atoms. The molecule has 0 aliphatic heterocycles. The average molecular weight is 261 g/mol. The molecule has 0 atom stereocenters. The molecular formula is C15H16FNO2. The molecule has 100 valence electrons. The van der Waals surface area contributed by atoms with E-state index in [1.54, 1.807) is 30.3 Å². The summed E-state index contributed by atoms with van der Waals surface area (Å²) in [5.41, 5.74) is 1.86. The van der Waals surface area contributed by atoms with Crippen molar-refractivity contribution in [1.82, 2.24) is 0 Å². The van der Waals surface area contributed by atoms with Crippen LogP contribution in [0.5, 0.6) is 0 Å². The molecular weight excluding hydrogens is 245 g/mol. The fourth-order valence-electron chi connectivity index (χ4n) is 1.95. The van der Waals surface area contributed by atoms with Crippen LogP contribution in [0.15, 0.2) is 34.9 Å². The van der Waals surface area contributed by atoms with Crippen molar-refractivity contribution in [2.75, 3.05) is 11.9 Å². The smallest absolute Gasteiger partial charge is 0.159 e. The van der Waals surface area contributed by atoms with E-state index in [4.69, 9.17) is 4.42 Å². The zero-order valence-electron chi connectivity index (χ0n) is 11.2. The molecule has 0 spiro atoms. The minimum Gasteiger partial charge on any atom is -0.469 e. The second-order valence-electron chi connectivity index (χ2n) is 4.58. The van der Waals surface area contributed by atoms with Crippen molar-refractivity contribution < 1.29 is 13.6 Å². The maximum Gasteiger partial charge on any atom is 0.159 e. The number of benzene rings is 1. The van der Waals surface area contributed by atoms with Crippen molar-refractivity contribution in [3.8, 4) is 0 Å². The monoisotopic (exact) mass is 261 g/mol. The molecule has 0 bridgehead atoms. The molecule has 2 rings (SSSR count). The highest BCUT2D eigenvalue weighted by molar-refractivity contribution is 5.94. The van der Waals surface area contributed by atoms with E-state index in [0.717, 1.165) is 11.3 Å². The summed E-state index contributed by atoms with van der Waals surface area (Å²) in [6.07, 6.45) is 1.62. The molecule has 0 amide bonds. The lowest BCUT2D eigenvalue weighted by atomic mass is 10.1. The number of carbonyl (C=O) groups excluding carboxylic acids is 1. The van der Waals surface area contributed by atoms with Crippen LogP contribution in [0.3, 0.4) is 0 Å². The van der Waals surface area contributed by atoms with Crippen LogP contribution in [0.2, 0.25) is 0 Å². The van der Waals surface area contributed by atoms with Crippen molar-refractivity contribution >= 4 is 11.5 Å². The van der Waals surface area contributed by atoms with E-state index >= 15 is 0 Å². The summed E-state index contributed by atoms with van der Waals surface area (Å²) in [4.78, 5) is 13.0. The van der Waals surface area contributed by atoms with Gasteiger partial charge in [0, 0.05) is 24.7 Å². The zero-order chi connectivity index (χ0) is 14.0. The molecule has 2 aromatic rings. The summed E-state index contributed by atoms with van der Waals surface area (Å²) >= 11 is 0. The molecule has 0 aliphatic rings. The second-order valence-corrected chi connectivity index (χ2v) is 4.58. The quantitative estimate of drug-likeness (QED) is 0.789. The Morgan fingerprint density at radius 1 is 1.37 bits per heavy atom. The van der Waals surface area contributed by atoms with Crippen LogP contribution in [-0.2, 0) is 6.54 Å². The van der Waals surface area contributed by atoms with Gasteiger partial charge in [0.1, 0.15) is 11.6 Å². The van der Waals surface area contributed by atoms with Crippen molar-refractivity contribution in [3.63, 3.8) is 0 Å². The lowest BCUT2D eigenvalue weighted by Crippen LogP contribution is -2.18. The first-order valence-corrected chi connectivity index (χ1v) is 6.03. The van der Waals surface area contributed by atoms with E-state index in [1.165, 1.54) is 13.0 Å². The first-order valence-electron chi connectivity index (χ1n) is 6.03. The Kier molecular flexibility index (Phi) is 3.69. The Morgan fingerprint density at radius 3 is 2.63 bits per heavy atom. The van der Waals surface area contributed by atoms with Gasteiger partial charge in [0.15, 0.2) is 5.78 Å². The topological polar surface area (TPSA) is 33.5 Å². The highest BCUT2D eigenvalue weighted by Gasteiger charge is 2.12. The number of rotatable bonds is 4. The lowest BCUT2D eigenvalue weighted by molar-refractivity contribution is 0.101. The third kappa shape index (κ3) is 2.84. The number of carbonyl (C=O) groups is 1. The van der Waals surface area contributed by atoms with Gasteiger partial charge < -0.3 is 9.32 Å². The van der Waals surface area contributed by atoms with Crippen LogP contribution >= 0.6 is 0 Å². The van der Waals surface area contributed by atoms with Gasteiger partial charge >= 0.3 is 0 Å². The van der Waals surface area contributed by atoms with Gasteiger partial charge in [-0.2, -0.15) is 0 Å². The number of hydrogen-bond donors (Lipinski definition) is 0. The fraction of sp³-hybridized carbons (Fsp3) is 0.267. The minimum atomic E-state index is -0.392. The Balaban J connectivity index is 2.22. The van der Waals surface area contributed by atoms with Crippen molar-refractivity contribution in [1.29, 1.82) is 0 Å². The van der Waals surface area contributed by atoms with Crippen LogP contribution in [0.1, 0.15) is 28.6 Å². The van der Waals surface area contributed by atoms with E-state index in [0.29, 0.717) is 17.8 Å². The van der Waals surface area contributed by atoms with Crippen LogP contribution in [-0.4, -0.2) is 12.8 Å². The van der Waals surface area contributed by atoms with E-state index in [9.17, 15) is 9.18 Å². The van der Waals surface area contributed by atoms with Gasteiger partial charge in [0.05, 0.1) is 12.0 Å². The van der Waals surface area contributed by atoms with Gasteiger partial charge in [-0.15, -0.1) is 0 Å². The molecule has 0 fully saturated rings. The summed E-state index contributed by atoms with van der Waals surface area (Å²) in [6.45, 7) is 3.85. The molecule has 0 unspecified atom stereocenters. The molecule has 4 heteroatoms. The van der Waals surface area contributed by atoms with Gasteiger partial charge in [0.25, 0.3) is 0 Å². The predicted molar refractivity (Wildman–Crippen MR) is 72.0 cm³/mol. The third-order valence-corrected chi connectivity index (χ3v) is 3.14. The highest BCUT2D eigenvalue weighted by atomic mass is 19.1. The summed E-state index contributed by atoms with van der Waals surface area (Å²) in [6, 6.07) is 6.41. The van der Waals surface area contributed by atoms with E-state index < -0.39 is 5.82 Å². The van der Waals surface area contributed by atoms with Crippen LogP contribution in [0, 0.1) is 12.7 Å². The number of Topliss-reactive ketones (excluding diaryl/α,β-unsaturated/α-hetero) is 1. The number of anilines is 1. The van der Waals surface area contributed by atoms with Gasteiger partial charge in [-0.25, -0.2) is 4.39 Å². The summed E-state index contributed by atoms with van der Waals surface area (Å²) in [7, 11) is 1.80. The summed E-state index contributed by atoms with van der Waals surface area (Å²) < 4.78 is 19.2. The SMILES string of the molecule is CC(=O)c1ccc(N(C)Cc2ccoc2C)c(F)c1. The van der Waals surface area contributed by atoms with E-state index in [2.05, 4.69) is 0 Å². The molecule has 3 nitrogen and oxygen atoms in total. The number of ketones is 1. The van der Waals surface area contributed by atoms with Gasteiger partial charge in [-0.05, 0) is 38.1 Å². The molecule has 0 aliphatic carbocycles. The standard InChI is InChI=1S/C15H16FNO2/c1-10(18)12-4-5-15(14(16)8-12)17(3)9-13-6-7-19-11(13)2/h4-8H,9H2,1-3H3. The second kappa shape index (κ2) is 5.26. The number of nitrogens with zero attached hydrogens (tertiary/aromatic N) is 1. The first-order chi connectivity index (χ1) is 8.99. The van der Waals surface area contributed by atoms with Crippen LogP contribution in [0.25, 0.3) is 0 Å². The van der Waals surface area contributed by atoms with E-state index in [-0.39, 0.29) is 5.78 Å². The Labute approximate surface area is 111 Å². The Morgan fingerprint density at radius 2 is 2.11 bits per heavy atom. The Bertz CT molecular complexity index is 604. The highest BCUT2D eigenvalue weighted by Crippen LogP contribution is 2.22. The molecule has 1 aromatic carbocycles.